The lowest BCUT2D eigenvalue weighted by Gasteiger charge is -2.33. The Morgan fingerprint density at radius 2 is 2.15 bits per heavy atom. The first kappa shape index (κ1) is 18.5. The molecule has 0 aliphatic carbocycles. The summed E-state index contributed by atoms with van der Waals surface area (Å²) < 4.78 is 0. The molecule has 26 heavy (non-hydrogen) atoms. The van der Waals surface area contributed by atoms with Gasteiger partial charge < -0.3 is 20.4 Å². The quantitative estimate of drug-likeness (QED) is 0.624. The van der Waals surface area contributed by atoms with Crippen LogP contribution in [0.25, 0.3) is 0 Å². The molecule has 0 aromatic carbocycles. The lowest BCUT2D eigenvalue weighted by molar-refractivity contribution is 0.463. The van der Waals surface area contributed by atoms with Gasteiger partial charge in [0.15, 0.2) is 5.96 Å². The van der Waals surface area contributed by atoms with Crippen LogP contribution < -0.4 is 20.4 Å². The number of hydrogen-bond acceptors (Lipinski definition) is 5. The van der Waals surface area contributed by atoms with Crippen LogP contribution in [0.1, 0.15) is 18.4 Å². The normalized spacial score (nSPS) is 15.8. The molecule has 0 spiro atoms. The van der Waals surface area contributed by atoms with Crippen molar-refractivity contribution in [1.82, 2.24) is 15.6 Å². The second-order valence-corrected chi connectivity index (χ2v) is 7.63. The number of rotatable bonds is 5. The summed E-state index contributed by atoms with van der Waals surface area (Å²) in [7, 11) is 5.83. The molecule has 7 heteroatoms. The average Bonchev–Trinajstić information content (AvgIpc) is 3.20. The van der Waals surface area contributed by atoms with Crippen molar-refractivity contribution >= 4 is 28.1 Å². The molecule has 0 amide bonds. The number of thiophene rings is 1. The molecule has 0 bridgehead atoms. The summed E-state index contributed by atoms with van der Waals surface area (Å²) >= 11 is 1.82. The Kier molecular flexibility index (Phi) is 6.33. The van der Waals surface area contributed by atoms with E-state index in [-0.39, 0.29) is 0 Å². The Balaban J connectivity index is 1.47. The van der Waals surface area contributed by atoms with E-state index in [1.54, 1.807) is 0 Å². The molecule has 3 rings (SSSR count). The van der Waals surface area contributed by atoms with Gasteiger partial charge >= 0.3 is 0 Å². The van der Waals surface area contributed by atoms with Crippen molar-refractivity contribution in [1.29, 1.82) is 0 Å². The molecular weight excluding hydrogens is 344 g/mol. The predicted octanol–water partition coefficient (Wildman–Crippen LogP) is 2.54. The van der Waals surface area contributed by atoms with Gasteiger partial charge in [-0.3, -0.25) is 4.99 Å². The van der Waals surface area contributed by atoms with Crippen molar-refractivity contribution in [2.75, 3.05) is 44.0 Å². The monoisotopic (exact) mass is 372 g/mol. The molecule has 0 unspecified atom stereocenters. The lowest BCUT2D eigenvalue weighted by Crippen LogP contribution is -2.48. The van der Waals surface area contributed by atoms with E-state index in [2.05, 4.69) is 49.1 Å². The maximum atomic E-state index is 4.38. The second-order valence-electron chi connectivity index (χ2n) is 6.70. The van der Waals surface area contributed by atoms with Crippen LogP contribution >= 0.6 is 11.3 Å². The summed E-state index contributed by atoms with van der Waals surface area (Å²) in [5, 5.41) is 10.5. The summed E-state index contributed by atoms with van der Waals surface area (Å²) in [4.78, 5) is 13.2. The minimum Gasteiger partial charge on any atom is -0.363 e. The second kappa shape index (κ2) is 8.89. The number of aromatic nitrogens is 1. The Morgan fingerprint density at radius 3 is 2.81 bits per heavy atom. The van der Waals surface area contributed by atoms with Crippen molar-refractivity contribution in [3.05, 3.63) is 41.4 Å². The van der Waals surface area contributed by atoms with Gasteiger partial charge in [0, 0.05) is 53.0 Å². The van der Waals surface area contributed by atoms with E-state index < -0.39 is 0 Å². The van der Waals surface area contributed by atoms with Crippen molar-refractivity contribution < 1.29 is 0 Å². The number of guanidine groups is 1. The van der Waals surface area contributed by atoms with E-state index in [1.165, 1.54) is 10.6 Å². The summed E-state index contributed by atoms with van der Waals surface area (Å²) in [6.45, 7) is 2.91. The van der Waals surface area contributed by atoms with Crippen LogP contribution in [0.3, 0.4) is 0 Å². The van der Waals surface area contributed by atoms with Gasteiger partial charge in [0.2, 0.25) is 0 Å². The highest BCUT2D eigenvalue weighted by molar-refractivity contribution is 7.14. The maximum absolute atomic E-state index is 4.38. The highest BCUT2D eigenvalue weighted by atomic mass is 32.1. The number of aliphatic imine (C=N–C) groups is 1. The zero-order valence-electron chi connectivity index (χ0n) is 15.8. The van der Waals surface area contributed by atoms with Gasteiger partial charge in [-0.1, -0.05) is 0 Å². The van der Waals surface area contributed by atoms with Crippen molar-refractivity contribution in [3.8, 4) is 0 Å². The molecule has 6 nitrogen and oxygen atoms in total. The van der Waals surface area contributed by atoms with Crippen LogP contribution in [-0.4, -0.2) is 51.2 Å². The predicted molar refractivity (Wildman–Crippen MR) is 111 cm³/mol. The standard InChI is InChI=1S/C19H28N6S/c1-20-19(22-14-15-6-9-21-17(13-15)24(2)3)23-16-7-10-25(11-8-16)18-5-4-12-26-18/h4-6,9,12-13,16H,7-8,10-11,14H2,1-3H3,(H2,20,22,23). The Morgan fingerprint density at radius 1 is 1.35 bits per heavy atom. The highest BCUT2D eigenvalue weighted by Crippen LogP contribution is 2.24. The van der Waals surface area contributed by atoms with Crippen LogP contribution in [-0.2, 0) is 6.54 Å². The molecule has 2 aromatic heterocycles. The van der Waals surface area contributed by atoms with E-state index in [1.807, 2.05) is 49.6 Å². The van der Waals surface area contributed by atoms with E-state index in [0.717, 1.165) is 44.3 Å². The molecule has 0 radical (unpaired) electrons. The largest absolute Gasteiger partial charge is 0.363 e. The molecule has 3 heterocycles. The fourth-order valence-corrected chi connectivity index (χ4v) is 3.87. The number of anilines is 2. The molecule has 2 N–H and O–H groups in total. The number of hydrogen-bond donors (Lipinski definition) is 2. The van der Waals surface area contributed by atoms with E-state index in [4.69, 9.17) is 0 Å². The summed E-state index contributed by atoms with van der Waals surface area (Å²) in [6, 6.07) is 8.92. The number of nitrogens with one attached hydrogen (secondary N) is 2. The number of nitrogens with zero attached hydrogens (tertiary/aromatic N) is 4. The minimum atomic E-state index is 0.465. The van der Waals surface area contributed by atoms with Crippen molar-refractivity contribution in [2.24, 2.45) is 4.99 Å². The smallest absolute Gasteiger partial charge is 0.191 e. The van der Waals surface area contributed by atoms with Gasteiger partial charge in [-0.2, -0.15) is 0 Å². The first-order chi connectivity index (χ1) is 12.7. The van der Waals surface area contributed by atoms with Gasteiger partial charge in [0.05, 0.1) is 5.00 Å². The molecule has 0 saturated carbocycles. The topological polar surface area (TPSA) is 55.8 Å². The van der Waals surface area contributed by atoms with E-state index >= 15 is 0 Å². The molecule has 2 aromatic rings. The van der Waals surface area contributed by atoms with Crippen molar-refractivity contribution in [2.45, 2.75) is 25.4 Å². The Bertz CT molecular complexity index is 705. The zero-order chi connectivity index (χ0) is 18.4. The summed E-state index contributed by atoms with van der Waals surface area (Å²) in [5.41, 5.74) is 1.19. The Hall–Kier alpha value is -2.28. The fourth-order valence-electron chi connectivity index (χ4n) is 3.08. The molecule has 0 atom stereocenters. The third-order valence-corrected chi connectivity index (χ3v) is 5.53. The average molecular weight is 373 g/mol. The SMILES string of the molecule is CN=C(NCc1ccnc(N(C)C)c1)NC1CCN(c2cccs2)CC1. The molecule has 140 valence electrons. The number of piperidine rings is 1. The minimum absolute atomic E-state index is 0.465. The maximum Gasteiger partial charge on any atom is 0.191 e. The third kappa shape index (κ3) is 4.88. The molecular formula is C19H28N6S. The zero-order valence-corrected chi connectivity index (χ0v) is 16.6. The van der Waals surface area contributed by atoms with Crippen LogP contribution in [0.15, 0.2) is 40.8 Å². The van der Waals surface area contributed by atoms with Gasteiger partial charge in [-0.25, -0.2) is 4.98 Å². The van der Waals surface area contributed by atoms with Crippen LogP contribution in [0.4, 0.5) is 10.8 Å². The third-order valence-electron chi connectivity index (χ3n) is 4.61. The molecule has 1 fully saturated rings. The van der Waals surface area contributed by atoms with Crippen LogP contribution in [0.2, 0.25) is 0 Å². The van der Waals surface area contributed by atoms with Crippen LogP contribution in [0, 0.1) is 0 Å². The first-order valence-electron chi connectivity index (χ1n) is 9.03. The fraction of sp³-hybridized carbons (Fsp3) is 0.474. The van der Waals surface area contributed by atoms with Gasteiger partial charge in [-0.05, 0) is 48.1 Å². The van der Waals surface area contributed by atoms with Crippen molar-refractivity contribution in [3.63, 3.8) is 0 Å². The first-order valence-corrected chi connectivity index (χ1v) is 9.91. The van der Waals surface area contributed by atoms with Gasteiger partial charge in [0.1, 0.15) is 5.82 Å². The van der Waals surface area contributed by atoms with E-state index in [0.29, 0.717) is 6.04 Å². The van der Waals surface area contributed by atoms with Gasteiger partial charge in [-0.15, -0.1) is 11.3 Å². The van der Waals surface area contributed by atoms with Gasteiger partial charge in [0.25, 0.3) is 0 Å². The molecule has 1 saturated heterocycles. The number of pyridine rings is 1. The molecule has 1 aliphatic rings. The summed E-state index contributed by atoms with van der Waals surface area (Å²) in [6.07, 6.45) is 4.10. The highest BCUT2D eigenvalue weighted by Gasteiger charge is 2.20. The Labute approximate surface area is 160 Å². The van der Waals surface area contributed by atoms with E-state index in [9.17, 15) is 0 Å². The van der Waals surface area contributed by atoms with Crippen LogP contribution in [0.5, 0.6) is 0 Å². The summed E-state index contributed by atoms with van der Waals surface area (Å²) in [5.74, 6) is 1.83. The molecule has 1 aliphatic heterocycles. The lowest BCUT2D eigenvalue weighted by atomic mass is 10.1.